The summed E-state index contributed by atoms with van der Waals surface area (Å²) in [7, 11) is 2.06. The monoisotopic (exact) mass is 234 g/mol. The molecular formula is C14H19FN2. The highest BCUT2D eigenvalue weighted by atomic mass is 19.1. The highest BCUT2D eigenvalue weighted by molar-refractivity contribution is 5.25. The van der Waals surface area contributed by atoms with Crippen LogP contribution in [0.3, 0.4) is 0 Å². The predicted octanol–water partition coefficient (Wildman–Crippen LogP) is 3.16. The Hall–Kier alpha value is -1.40. The van der Waals surface area contributed by atoms with E-state index in [4.69, 9.17) is 5.26 Å². The fourth-order valence-electron chi connectivity index (χ4n) is 1.84. The summed E-state index contributed by atoms with van der Waals surface area (Å²) in [5, 5.41) is 9.13. The highest BCUT2D eigenvalue weighted by Gasteiger charge is 2.11. The maximum atomic E-state index is 12.8. The molecule has 1 rings (SSSR count). The van der Waals surface area contributed by atoms with Crippen molar-refractivity contribution in [3.63, 3.8) is 0 Å². The van der Waals surface area contributed by atoms with Crippen molar-refractivity contribution in [1.29, 1.82) is 5.26 Å². The van der Waals surface area contributed by atoms with Crippen LogP contribution in [0.1, 0.15) is 31.2 Å². The third-order valence-electron chi connectivity index (χ3n) is 2.83. The number of halogens is 1. The van der Waals surface area contributed by atoms with E-state index in [1.165, 1.54) is 12.1 Å². The van der Waals surface area contributed by atoms with E-state index >= 15 is 0 Å². The Morgan fingerprint density at radius 2 is 1.94 bits per heavy atom. The quantitative estimate of drug-likeness (QED) is 0.756. The first-order chi connectivity index (χ1) is 8.17. The van der Waals surface area contributed by atoms with Gasteiger partial charge in [0.1, 0.15) is 5.82 Å². The lowest BCUT2D eigenvalue weighted by molar-refractivity contribution is 0.326. The van der Waals surface area contributed by atoms with Crippen molar-refractivity contribution in [3.05, 3.63) is 35.6 Å². The van der Waals surface area contributed by atoms with Crippen LogP contribution in [0.2, 0.25) is 0 Å². The fourth-order valence-corrected chi connectivity index (χ4v) is 1.84. The van der Waals surface area contributed by atoms with Gasteiger partial charge < -0.3 is 4.90 Å². The van der Waals surface area contributed by atoms with Crippen LogP contribution >= 0.6 is 0 Å². The molecule has 0 aliphatic heterocycles. The van der Waals surface area contributed by atoms with Crippen molar-refractivity contribution in [2.75, 3.05) is 20.1 Å². The molecule has 0 aliphatic carbocycles. The van der Waals surface area contributed by atoms with Crippen molar-refractivity contribution in [2.24, 2.45) is 0 Å². The van der Waals surface area contributed by atoms with Crippen LogP contribution in [0, 0.1) is 17.1 Å². The number of hydrogen-bond donors (Lipinski definition) is 0. The van der Waals surface area contributed by atoms with Gasteiger partial charge in [0.25, 0.3) is 0 Å². The Morgan fingerprint density at radius 1 is 1.29 bits per heavy atom. The van der Waals surface area contributed by atoms with Gasteiger partial charge in [-0.15, -0.1) is 0 Å². The molecule has 0 aliphatic rings. The molecule has 1 aromatic carbocycles. The Morgan fingerprint density at radius 3 is 2.47 bits per heavy atom. The maximum Gasteiger partial charge on any atom is 0.123 e. The second-order valence-corrected chi connectivity index (χ2v) is 4.33. The van der Waals surface area contributed by atoms with E-state index in [9.17, 15) is 4.39 Å². The highest BCUT2D eigenvalue weighted by Crippen LogP contribution is 2.19. The Labute approximate surface area is 103 Å². The first-order valence-corrected chi connectivity index (χ1v) is 6.01. The molecule has 0 fully saturated rings. The van der Waals surface area contributed by atoms with Crippen LogP contribution in [0.15, 0.2) is 24.3 Å². The molecule has 0 radical (unpaired) electrons. The summed E-state index contributed by atoms with van der Waals surface area (Å²) in [4.78, 5) is 2.22. The van der Waals surface area contributed by atoms with E-state index in [0.717, 1.165) is 31.5 Å². The lowest BCUT2D eigenvalue weighted by Gasteiger charge is -2.17. The van der Waals surface area contributed by atoms with E-state index < -0.39 is 0 Å². The van der Waals surface area contributed by atoms with Gasteiger partial charge >= 0.3 is 0 Å². The van der Waals surface area contributed by atoms with Gasteiger partial charge in [0, 0.05) is 0 Å². The second kappa shape index (κ2) is 7.03. The Kier molecular flexibility index (Phi) is 5.65. The molecule has 3 heteroatoms. The third kappa shape index (κ3) is 4.54. The van der Waals surface area contributed by atoms with Crippen LogP contribution in [0.25, 0.3) is 0 Å². The molecule has 0 saturated carbocycles. The Bertz CT molecular complexity index is 367. The smallest absolute Gasteiger partial charge is 0.123 e. The lowest BCUT2D eigenvalue weighted by Crippen LogP contribution is -2.21. The average molecular weight is 234 g/mol. The Balaban J connectivity index is 2.55. The van der Waals surface area contributed by atoms with Crippen molar-refractivity contribution in [1.82, 2.24) is 4.90 Å². The van der Waals surface area contributed by atoms with Crippen molar-refractivity contribution in [2.45, 2.75) is 25.7 Å². The first kappa shape index (κ1) is 13.7. The van der Waals surface area contributed by atoms with Crippen molar-refractivity contribution < 1.29 is 4.39 Å². The molecule has 17 heavy (non-hydrogen) atoms. The summed E-state index contributed by atoms with van der Waals surface area (Å²) in [5.74, 6) is -0.400. The SMILES string of the molecule is CCCN(C)CCC(C#N)c1ccc(F)cc1. The number of nitriles is 1. The van der Waals surface area contributed by atoms with E-state index in [2.05, 4.69) is 24.9 Å². The lowest BCUT2D eigenvalue weighted by atomic mass is 9.97. The number of rotatable bonds is 6. The molecule has 92 valence electrons. The zero-order valence-corrected chi connectivity index (χ0v) is 10.5. The van der Waals surface area contributed by atoms with Gasteiger partial charge in [-0.25, -0.2) is 4.39 Å². The second-order valence-electron chi connectivity index (χ2n) is 4.33. The van der Waals surface area contributed by atoms with Crippen LogP contribution in [-0.4, -0.2) is 25.0 Å². The minimum Gasteiger partial charge on any atom is -0.306 e. The number of nitrogens with zero attached hydrogens (tertiary/aromatic N) is 2. The molecule has 0 heterocycles. The number of hydrogen-bond acceptors (Lipinski definition) is 2. The van der Waals surface area contributed by atoms with Gasteiger partial charge in [0.2, 0.25) is 0 Å². The molecule has 0 amide bonds. The zero-order chi connectivity index (χ0) is 12.7. The van der Waals surface area contributed by atoms with Gasteiger partial charge in [0.05, 0.1) is 12.0 Å². The summed E-state index contributed by atoms with van der Waals surface area (Å²) < 4.78 is 12.8. The van der Waals surface area contributed by atoms with Crippen molar-refractivity contribution in [3.8, 4) is 6.07 Å². The van der Waals surface area contributed by atoms with Gasteiger partial charge in [0.15, 0.2) is 0 Å². The summed E-state index contributed by atoms with van der Waals surface area (Å²) in [6.07, 6.45) is 1.91. The van der Waals surface area contributed by atoms with Gasteiger partial charge in [-0.3, -0.25) is 0 Å². The van der Waals surface area contributed by atoms with Crippen LogP contribution in [0.5, 0.6) is 0 Å². The van der Waals surface area contributed by atoms with Gasteiger partial charge in [-0.1, -0.05) is 19.1 Å². The molecule has 1 aromatic rings. The molecule has 1 atom stereocenters. The van der Waals surface area contributed by atoms with Crippen molar-refractivity contribution >= 4 is 0 Å². The largest absolute Gasteiger partial charge is 0.306 e. The van der Waals surface area contributed by atoms with Crippen LogP contribution in [0.4, 0.5) is 4.39 Å². The van der Waals surface area contributed by atoms with Gasteiger partial charge in [-0.05, 0) is 50.7 Å². The first-order valence-electron chi connectivity index (χ1n) is 6.01. The summed E-state index contributed by atoms with van der Waals surface area (Å²) >= 11 is 0. The summed E-state index contributed by atoms with van der Waals surface area (Å²) in [6, 6.07) is 8.51. The van der Waals surface area contributed by atoms with Gasteiger partial charge in [-0.2, -0.15) is 5.26 Å². The number of benzene rings is 1. The summed E-state index contributed by atoms with van der Waals surface area (Å²) in [5.41, 5.74) is 0.902. The van der Waals surface area contributed by atoms with Crippen LogP contribution < -0.4 is 0 Å². The zero-order valence-electron chi connectivity index (χ0n) is 10.5. The maximum absolute atomic E-state index is 12.8. The molecular weight excluding hydrogens is 215 g/mol. The van der Waals surface area contributed by atoms with Crippen LogP contribution in [-0.2, 0) is 0 Å². The molecule has 0 saturated heterocycles. The summed E-state index contributed by atoms with van der Waals surface area (Å²) in [6.45, 7) is 4.07. The van der Waals surface area contributed by atoms with E-state index in [1.54, 1.807) is 12.1 Å². The fraction of sp³-hybridized carbons (Fsp3) is 0.500. The standard InChI is InChI=1S/C14H19FN2/c1-3-9-17(2)10-8-13(11-16)12-4-6-14(15)7-5-12/h4-7,13H,3,8-10H2,1-2H3. The molecule has 0 bridgehead atoms. The average Bonchev–Trinajstić information content (AvgIpc) is 2.32. The van der Waals surface area contributed by atoms with E-state index in [0.29, 0.717) is 0 Å². The topological polar surface area (TPSA) is 27.0 Å². The molecule has 0 aromatic heterocycles. The molecule has 1 unspecified atom stereocenters. The minimum absolute atomic E-state index is 0.144. The predicted molar refractivity (Wildman–Crippen MR) is 67.2 cm³/mol. The molecule has 2 nitrogen and oxygen atoms in total. The van der Waals surface area contributed by atoms with E-state index in [1.807, 2.05) is 0 Å². The third-order valence-corrected chi connectivity index (χ3v) is 2.83. The molecule has 0 spiro atoms. The minimum atomic E-state index is -0.256. The normalized spacial score (nSPS) is 12.4. The van der Waals surface area contributed by atoms with E-state index in [-0.39, 0.29) is 11.7 Å². The molecule has 0 N–H and O–H groups in total.